The van der Waals surface area contributed by atoms with Crippen LogP contribution in [0.3, 0.4) is 0 Å². The maximum atomic E-state index is 15.5. The zero-order chi connectivity index (χ0) is 25.3. The Labute approximate surface area is 219 Å². The van der Waals surface area contributed by atoms with Crippen molar-refractivity contribution in [1.29, 1.82) is 0 Å². The maximum absolute atomic E-state index is 15.5. The van der Waals surface area contributed by atoms with Gasteiger partial charge in [-0.3, -0.25) is 9.78 Å². The molecule has 2 aromatic rings. The number of aliphatic carboxylic acids is 1. The Balaban J connectivity index is 1.29. The monoisotopic (exact) mass is 516 g/mol. The molecule has 1 N–H and O–H groups in total. The summed E-state index contributed by atoms with van der Waals surface area (Å²) in [5, 5.41) is 11.2. The summed E-state index contributed by atoms with van der Waals surface area (Å²) in [5.74, 6) is 1.47. The van der Waals surface area contributed by atoms with Crippen LogP contribution in [0.2, 0.25) is 0 Å². The van der Waals surface area contributed by atoms with Gasteiger partial charge in [0.1, 0.15) is 11.9 Å². The van der Waals surface area contributed by atoms with Gasteiger partial charge in [-0.1, -0.05) is 19.3 Å². The number of piperidine rings is 1. The maximum Gasteiger partial charge on any atom is 0.303 e. The Morgan fingerprint density at radius 3 is 2.83 bits per heavy atom. The molecule has 1 saturated heterocycles. The molecule has 36 heavy (non-hydrogen) atoms. The van der Waals surface area contributed by atoms with E-state index in [1.165, 1.54) is 37.9 Å². The third-order valence-corrected chi connectivity index (χ3v) is 9.51. The van der Waals surface area contributed by atoms with Crippen molar-refractivity contribution in [2.45, 2.75) is 75.6 Å². The highest BCUT2D eigenvalue weighted by molar-refractivity contribution is 7.99. The fourth-order valence-electron chi connectivity index (χ4n) is 6.03. The predicted octanol–water partition coefficient (Wildman–Crippen LogP) is 6.90. The zero-order valence-corrected chi connectivity index (χ0v) is 22.4. The first-order valence-corrected chi connectivity index (χ1v) is 14.7. The second-order valence-corrected chi connectivity index (χ2v) is 11.9. The molecule has 4 rings (SSSR count). The number of benzene rings is 1. The summed E-state index contributed by atoms with van der Waals surface area (Å²) in [7, 11) is 1.61. The minimum atomic E-state index is -1.11. The molecule has 2 heterocycles. The molecule has 0 amide bonds. The lowest BCUT2D eigenvalue weighted by molar-refractivity contribution is -0.139. The van der Waals surface area contributed by atoms with E-state index >= 15 is 4.39 Å². The number of hydrogen-bond donors (Lipinski definition) is 1. The molecule has 5 nitrogen and oxygen atoms in total. The van der Waals surface area contributed by atoms with Gasteiger partial charge in [-0.15, -0.1) is 0 Å². The Kier molecular flexibility index (Phi) is 10.3. The first-order chi connectivity index (χ1) is 17.5. The van der Waals surface area contributed by atoms with Crippen LogP contribution in [0, 0.1) is 11.8 Å². The third kappa shape index (κ3) is 7.58. The van der Waals surface area contributed by atoms with Gasteiger partial charge in [0.05, 0.1) is 12.6 Å². The van der Waals surface area contributed by atoms with Gasteiger partial charge in [0.25, 0.3) is 0 Å². The number of hydrogen-bond acceptors (Lipinski definition) is 5. The SMILES string of the molecule is COc1ccc2nccc([C@H](F)CC[C@@H]3CCN(CCCSC4CCCCC4)C[C@@H]3CC(=O)O)c2c1. The molecule has 1 aliphatic heterocycles. The van der Waals surface area contributed by atoms with E-state index in [4.69, 9.17) is 4.74 Å². The lowest BCUT2D eigenvalue weighted by Crippen LogP contribution is -2.42. The molecule has 2 aliphatic rings. The lowest BCUT2D eigenvalue weighted by atomic mass is 9.79. The highest BCUT2D eigenvalue weighted by atomic mass is 32.2. The third-order valence-electron chi connectivity index (χ3n) is 8.05. The molecule has 1 aliphatic carbocycles. The predicted molar refractivity (Wildman–Crippen MR) is 146 cm³/mol. The minimum Gasteiger partial charge on any atom is -0.497 e. The molecule has 3 atom stereocenters. The molecule has 1 aromatic carbocycles. The van der Waals surface area contributed by atoms with Crippen LogP contribution in [0.15, 0.2) is 30.5 Å². The van der Waals surface area contributed by atoms with Crippen LogP contribution in [0.5, 0.6) is 5.75 Å². The molecule has 7 heteroatoms. The number of thioether (sulfide) groups is 1. The highest BCUT2D eigenvalue weighted by Crippen LogP contribution is 2.36. The van der Waals surface area contributed by atoms with Gasteiger partial charge in [-0.25, -0.2) is 4.39 Å². The number of aromatic nitrogens is 1. The number of likely N-dealkylation sites (tertiary alicyclic amines) is 1. The van der Waals surface area contributed by atoms with Crippen LogP contribution in [0.25, 0.3) is 10.9 Å². The second-order valence-electron chi connectivity index (χ2n) is 10.5. The average molecular weight is 517 g/mol. The number of halogens is 1. The summed E-state index contributed by atoms with van der Waals surface area (Å²) >= 11 is 2.14. The highest BCUT2D eigenvalue weighted by Gasteiger charge is 2.31. The van der Waals surface area contributed by atoms with Crippen molar-refractivity contribution in [1.82, 2.24) is 9.88 Å². The van der Waals surface area contributed by atoms with Crippen LogP contribution in [0.4, 0.5) is 4.39 Å². The fourth-order valence-corrected chi connectivity index (χ4v) is 7.32. The van der Waals surface area contributed by atoms with E-state index in [9.17, 15) is 9.90 Å². The fraction of sp³-hybridized carbons (Fsp3) is 0.655. The Morgan fingerprint density at radius 2 is 2.06 bits per heavy atom. The number of pyridine rings is 1. The summed E-state index contributed by atoms with van der Waals surface area (Å²) < 4.78 is 20.8. The van der Waals surface area contributed by atoms with Gasteiger partial charge < -0.3 is 14.7 Å². The molecule has 198 valence electrons. The van der Waals surface area contributed by atoms with Crippen molar-refractivity contribution in [3.63, 3.8) is 0 Å². The largest absolute Gasteiger partial charge is 0.497 e. The topological polar surface area (TPSA) is 62.7 Å². The van der Waals surface area contributed by atoms with Crippen molar-refractivity contribution < 1.29 is 19.0 Å². The zero-order valence-electron chi connectivity index (χ0n) is 21.5. The lowest BCUT2D eigenvalue weighted by Gasteiger charge is -2.38. The molecular formula is C29H41FN2O3S. The van der Waals surface area contributed by atoms with E-state index < -0.39 is 12.1 Å². The molecule has 1 aromatic heterocycles. The summed E-state index contributed by atoms with van der Waals surface area (Å²) in [4.78, 5) is 18.4. The number of rotatable bonds is 12. The van der Waals surface area contributed by atoms with Crippen molar-refractivity contribution in [3.8, 4) is 5.75 Å². The number of nitrogens with zero attached hydrogens (tertiary/aromatic N) is 2. The van der Waals surface area contributed by atoms with Gasteiger partial charge in [0.2, 0.25) is 0 Å². The average Bonchev–Trinajstić information content (AvgIpc) is 2.90. The van der Waals surface area contributed by atoms with E-state index in [2.05, 4.69) is 21.6 Å². The summed E-state index contributed by atoms with van der Waals surface area (Å²) in [5.41, 5.74) is 1.40. The van der Waals surface area contributed by atoms with Crippen LogP contribution in [-0.2, 0) is 4.79 Å². The van der Waals surface area contributed by atoms with E-state index in [0.29, 0.717) is 24.2 Å². The van der Waals surface area contributed by atoms with Gasteiger partial charge >= 0.3 is 5.97 Å². The Hall–Kier alpha value is -1.86. The standard InChI is InChI=1S/C29H41FN2O3S/c1-35-23-9-11-28-26(19-23)25(12-14-31-28)27(30)10-8-21-13-16-32(20-22(21)18-29(33)34)15-5-17-36-24-6-3-2-4-7-24/h9,11-12,14,19,21-22,24,27H,2-8,10,13,15-18,20H2,1H3,(H,33,34)/t21-,22+,27-/m1/s1. The molecule has 0 unspecified atom stereocenters. The Bertz CT molecular complexity index is 984. The van der Waals surface area contributed by atoms with Gasteiger partial charge in [0.15, 0.2) is 0 Å². The smallest absolute Gasteiger partial charge is 0.303 e. The van der Waals surface area contributed by atoms with Gasteiger partial charge in [-0.05, 0) is 99.0 Å². The first kappa shape index (κ1) is 27.2. The van der Waals surface area contributed by atoms with Gasteiger partial charge in [0, 0.05) is 29.8 Å². The summed E-state index contributed by atoms with van der Waals surface area (Å²) in [6.07, 6.45) is 10.8. The van der Waals surface area contributed by atoms with Crippen molar-refractivity contribution >= 4 is 28.6 Å². The minimum absolute atomic E-state index is 0.0868. The number of carboxylic acids is 1. The molecule has 1 saturated carbocycles. The van der Waals surface area contributed by atoms with E-state index in [-0.39, 0.29) is 18.3 Å². The Morgan fingerprint density at radius 1 is 1.22 bits per heavy atom. The van der Waals surface area contributed by atoms with Crippen LogP contribution in [0.1, 0.15) is 75.9 Å². The normalized spacial score (nSPS) is 22.5. The number of carboxylic acid groups (broad SMARTS) is 1. The summed E-state index contributed by atoms with van der Waals surface area (Å²) in [6.45, 7) is 2.84. The number of methoxy groups -OCH3 is 1. The van der Waals surface area contributed by atoms with Crippen LogP contribution >= 0.6 is 11.8 Å². The number of ether oxygens (including phenoxy) is 1. The van der Waals surface area contributed by atoms with Crippen LogP contribution < -0.4 is 4.74 Å². The quantitative estimate of drug-likeness (QED) is 0.310. The van der Waals surface area contributed by atoms with Crippen molar-refractivity contribution in [2.75, 3.05) is 32.5 Å². The van der Waals surface area contributed by atoms with Crippen LogP contribution in [-0.4, -0.2) is 58.7 Å². The number of carbonyl (C=O) groups is 1. The summed E-state index contributed by atoms with van der Waals surface area (Å²) in [6, 6.07) is 7.31. The number of fused-ring (bicyclic) bond motifs is 1. The van der Waals surface area contributed by atoms with E-state index in [1.54, 1.807) is 19.4 Å². The molecular weight excluding hydrogens is 475 g/mol. The first-order valence-electron chi connectivity index (χ1n) is 13.7. The molecule has 0 bridgehead atoms. The molecule has 0 radical (unpaired) electrons. The van der Waals surface area contributed by atoms with E-state index in [0.717, 1.165) is 48.6 Å². The molecule has 0 spiro atoms. The molecule has 2 fully saturated rings. The number of alkyl halides is 1. The van der Waals surface area contributed by atoms with E-state index in [1.807, 2.05) is 18.2 Å². The van der Waals surface area contributed by atoms with Gasteiger partial charge in [-0.2, -0.15) is 11.8 Å². The van der Waals surface area contributed by atoms with Crippen molar-refractivity contribution in [2.24, 2.45) is 11.8 Å². The second kappa shape index (κ2) is 13.6. The van der Waals surface area contributed by atoms with Crippen molar-refractivity contribution in [3.05, 3.63) is 36.0 Å².